The van der Waals surface area contributed by atoms with Crippen LogP contribution in [-0.4, -0.2) is 37.2 Å². The number of nitrogens with zero attached hydrogens (tertiary/aromatic N) is 1. The summed E-state index contributed by atoms with van der Waals surface area (Å²) < 4.78 is 5.54. The van der Waals surface area contributed by atoms with Gasteiger partial charge >= 0.3 is 0 Å². The van der Waals surface area contributed by atoms with Gasteiger partial charge in [0.15, 0.2) is 0 Å². The zero-order chi connectivity index (χ0) is 12.4. The van der Waals surface area contributed by atoms with E-state index in [1.165, 1.54) is 30.5 Å². The number of rotatable bonds is 3. The first-order chi connectivity index (χ1) is 8.81. The number of hydrogen-bond acceptors (Lipinski definition) is 3. The van der Waals surface area contributed by atoms with Crippen molar-refractivity contribution in [2.24, 2.45) is 5.73 Å². The highest BCUT2D eigenvalue weighted by Gasteiger charge is 2.17. The third-order valence-corrected chi connectivity index (χ3v) is 4.01. The molecule has 2 N–H and O–H groups in total. The summed E-state index contributed by atoms with van der Waals surface area (Å²) in [6, 6.07) is 7.02. The van der Waals surface area contributed by atoms with Gasteiger partial charge in [-0.2, -0.15) is 0 Å². The van der Waals surface area contributed by atoms with Crippen molar-refractivity contribution in [1.29, 1.82) is 0 Å². The van der Waals surface area contributed by atoms with Crippen molar-refractivity contribution in [1.82, 2.24) is 4.90 Å². The SMILES string of the molecule is NC1CCCN(CCc2ccc3c(c2)CCO3)C1. The molecule has 0 saturated carbocycles. The molecule has 0 spiro atoms. The van der Waals surface area contributed by atoms with Crippen LogP contribution in [0.15, 0.2) is 18.2 Å². The van der Waals surface area contributed by atoms with Gasteiger partial charge in [0, 0.05) is 25.6 Å². The van der Waals surface area contributed by atoms with Crippen molar-refractivity contribution < 1.29 is 4.74 Å². The molecule has 1 fully saturated rings. The molecular weight excluding hydrogens is 224 g/mol. The monoisotopic (exact) mass is 246 g/mol. The molecule has 1 saturated heterocycles. The van der Waals surface area contributed by atoms with E-state index >= 15 is 0 Å². The summed E-state index contributed by atoms with van der Waals surface area (Å²) >= 11 is 0. The Kier molecular flexibility index (Phi) is 3.52. The van der Waals surface area contributed by atoms with Crippen molar-refractivity contribution >= 4 is 0 Å². The van der Waals surface area contributed by atoms with Crippen LogP contribution in [0.25, 0.3) is 0 Å². The molecule has 0 aliphatic carbocycles. The molecule has 0 aromatic heterocycles. The molecule has 0 radical (unpaired) electrons. The van der Waals surface area contributed by atoms with Crippen molar-refractivity contribution in [2.45, 2.75) is 31.7 Å². The van der Waals surface area contributed by atoms with E-state index in [2.05, 4.69) is 23.1 Å². The second-order valence-electron chi connectivity index (χ2n) is 5.49. The Labute approximate surface area is 109 Å². The highest BCUT2D eigenvalue weighted by Crippen LogP contribution is 2.26. The number of piperidine rings is 1. The fourth-order valence-corrected chi connectivity index (χ4v) is 2.98. The molecule has 0 amide bonds. The van der Waals surface area contributed by atoms with Crippen LogP contribution in [0.1, 0.15) is 24.0 Å². The Morgan fingerprint density at radius 2 is 2.33 bits per heavy atom. The lowest BCUT2D eigenvalue weighted by Crippen LogP contribution is -2.43. The third-order valence-electron chi connectivity index (χ3n) is 4.01. The first-order valence-electron chi connectivity index (χ1n) is 7.04. The Bertz CT molecular complexity index is 419. The van der Waals surface area contributed by atoms with E-state index in [9.17, 15) is 0 Å². The van der Waals surface area contributed by atoms with Crippen LogP contribution >= 0.6 is 0 Å². The van der Waals surface area contributed by atoms with Crippen molar-refractivity contribution in [3.05, 3.63) is 29.3 Å². The second kappa shape index (κ2) is 5.29. The molecule has 1 atom stereocenters. The van der Waals surface area contributed by atoms with Gasteiger partial charge < -0.3 is 15.4 Å². The van der Waals surface area contributed by atoms with Gasteiger partial charge in [-0.25, -0.2) is 0 Å². The maximum Gasteiger partial charge on any atom is 0.122 e. The van der Waals surface area contributed by atoms with Crippen molar-refractivity contribution in [2.75, 3.05) is 26.2 Å². The Balaban J connectivity index is 1.56. The molecule has 18 heavy (non-hydrogen) atoms. The number of benzene rings is 1. The van der Waals surface area contributed by atoms with Crippen LogP contribution in [0.5, 0.6) is 5.75 Å². The number of nitrogens with two attached hydrogens (primary N) is 1. The van der Waals surface area contributed by atoms with E-state index in [4.69, 9.17) is 10.5 Å². The van der Waals surface area contributed by atoms with Gasteiger partial charge in [0.25, 0.3) is 0 Å². The fourth-order valence-electron chi connectivity index (χ4n) is 2.98. The Morgan fingerprint density at radius 3 is 3.22 bits per heavy atom. The van der Waals surface area contributed by atoms with Gasteiger partial charge in [-0.05, 0) is 43.0 Å². The predicted octanol–water partition coefficient (Wildman–Crippen LogP) is 1.59. The average Bonchev–Trinajstić information content (AvgIpc) is 2.84. The lowest BCUT2D eigenvalue weighted by atomic mass is 10.0. The molecule has 0 bridgehead atoms. The van der Waals surface area contributed by atoms with Gasteiger partial charge in [-0.1, -0.05) is 12.1 Å². The van der Waals surface area contributed by atoms with E-state index in [1.807, 2.05) is 0 Å². The van der Waals surface area contributed by atoms with Gasteiger partial charge in [-0.3, -0.25) is 0 Å². The average molecular weight is 246 g/mol. The van der Waals surface area contributed by atoms with Gasteiger partial charge in [0.1, 0.15) is 5.75 Å². The predicted molar refractivity (Wildman–Crippen MR) is 73.0 cm³/mol. The number of likely N-dealkylation sites (tertiary alicyclic amines) is 1. The standard InChI is InChI=1S/C15H22N2O/c16-14-2-1-7-17(11-14)8-5-12-3-4-15-13(10-12)6-9-18-15/h3-4,10,14H,1-2,5-9,11,16H2. The molecule has 98 valence electrons. The number of fused-ring (bicyclic) bond motifs is 1. The first kappa shape index (κ1) is 12.0. The maximum atomic E-state index is 6.01. The quantitative estimate of drug-likeness (QED) is 0.880. The molecule has 1 aromatic rings. The minimum absolute atomic E-state index is 0.382. The lowest BCUT2D eigenvalue weighted by Gasteiger charge is -2.30. The lowest BCUT2D eigenvalue weighted by molar-refractivity contribution is 0.211. The van der Waals surface area contributed by atoms with Crippen LogP contribution in [0, 0.1) is 0 Å². The molecule has 3 heteroatoms. The molecule has 2 heterocycles. The van der Waals surface area contributed by atoms with Gasteiger partial charge in [-0.15, -0.1) is 0 Å². The Morgan fingerprint density at radius 1 is 1.39 bits per heavy atom. The molecule has 1 unspecified atom stereocenters. The molecule has 2 aliphatic heterocycles. The van der Waals surface area contributed by atoms with Crippen LogP contribution in [0.3, 0.4) is 0 Å². The maximum absolute atomic E-state index is 6.01. The molecule has 1 aromatic carbocycles. The smallest absolute Gasteiger partial charge is 0.122 e. The molecule has 3 rings (SSSR count). The normalized spacial score (nSPS) is 23.7. The highest BCUT2D eigenvalue weighted by molar-refractivity contribution is 5.39. The van der Waals surface area contributed by atoms with Crippen molar-refractivity contribution in [3.63, 3.8) is 0 Å². The summed E-state index contributed by atoms with van der Waals surface area (Å²) in [5.74, 6) is 1.08. The first-order valence-corrected chi connectivity index (χ1v) is 7.04. The van der Waals surface area contributed by atoms with Gasteiger partial charge in [0.2, 0.25) is 0 Å². The van der Waals surface area contributed by atoms with E-state index in [1.54, 1.807) is 0 Å². The van der Waals surface area contributed by atoms with Gasteiger partial charge in [0.05, 0.1) is 6.61 Å². The number of ether oxygens (including phenoxy) is 1. The van der Waals surface area contributed by atoms with Crippen LogP contribution in [-0.2, 0) is 12.8 Å². The molecular formula is C15H22N2O. The number of hydrogen-bond donors (Lipinski definition) is 1. The van der Waals surface area contributed by atoms with E-state index in [0.29, 0.717) is 6.04 Å². The Hall–Kier alpha value is -1.06. The zero-order valence-corrected chi connectivity index (χ0v) is 10.9. The summed E-state index contributed by atoms with van der Waals surface area (Å²) in [5.41, 5.74) is 8.82. The molecule has 3 nitrogen and oxygen atoms in total. The van der Waals surface area contributed by atoms with E-state index in [0.717, 1.165) is 38.3 Å². The second-order valence-corrected chi connectivity index (χ2v) is 5.49. The van der Waals surface area contributed by atoms with Crippen molar-refractivity contribution in [3.8, 4) is 5.75 Å². The van der Waals surface area contributed by atoms with Crippen LogP contribution in [0.2, 0.25) is 0 Å². The fraction of sp³-hybridized carbons (Fsp3) is 0.600. The summed E-state index contributed by atoms with van der Waals surface area (Å²) in [5, 5.41) is 0. The minimum Gasteiger partial charge on any atom is -0.493 e. The summed E-state index contributed by atoms with van der Waals surface area (Å²) in [4.78, 5) is 2.50. The zero-order valence-electron chi connectivity index (χ0n) is 10.9. The minimum atomic E-state index is 0.382. The van der Waals surface area contributed by atoms with E-state index < -0.39 is 0 Å². The third kappa shape index (κ3) is 2.68. The summed E-state index contributed by atoms with van der Waals surface area (Å²) in [6.07, 6.45) is 4.63. The summed E-state index contributed by atoms with van der Waals surface area (Å²) in [6.45, 7) is 4.25. The van der Waals surface area contributed by atoms with Crippen LogP contribution < -0.4 is 10.5 Å². The topological polar surface area (TPSA) is 38.5 Å². The highest BCUT2D eigenvalue weighted by atomic mass is 16.5. The molecule has 2 aliphatic rings. The largest absolute Gasteiger partial charge is 0.493 e. The van der Waals surface area contributed by atoms with Crippen LogP contribution in [0.4, 0.5) is 0 Å². The summed E-state index contributed by atoms with van der Waals surface area (Å²) in [7, 11) is 0. The van der Waals surface area contributed by atoms with E-state index in [-0.39, 0.29) is 0 Å².